The molecule has 1 nitrogen and oxygen atoms in total. The van der Waals surface area contributed by atoms with E-state index >= 15 is 0 Å². The minimum atomic E-state index is -4.30. The summed E-state index contributed by atoms with van der Waals surface area (Å²) in [5, 5.41) is 0. The molecule has 0 aromatic heterocycles. The third-order valence-corrected chi connectivity index (χ3v) is 2.37. The molecule has 0 heterocycles. The minimum absolute atomic E-state index is 0.331. The van der Waals surface area contributed by atoms with E-state index in [4.69, 9.17) is 5.73 Å². The number of rotatable bonds is 3. The predicted octanol–water partition coefficient (Wildman–Crippen LogP) is 3.75. The Hall–Kier alpha value is -1.03. The van der Waals surface area contributed by atoms with Crippen LogP contribution in [0.1, 0.15) is 37.4 Å². The van der Waals surface area contributed by atoms with E-state index < -0.39 is 11.7 Å². The number of hydrogen-bond acceptors (Lipinski definition) is 1. The molecule has 0 saturated heterocycles. The topological polar surface area (TPSA) is 26.0 Å². The maximum Gasteiger partial charge on any atom is 0.416 e. The van der Waals surface area contributed by atoms with Crippen LogP contribution in [0.5, 0.6) is 0 Å². The zero-order valence-electron chi connectivity index (χ0n) is 9.38. The Labute approximate surface area is 93.5 Å². The Kier molecular flexibility index (Phi) is 3.97. The van der Waals surface area contributed by atoms with Crippen LogP contribution in [0.4, 0.5) is 13.2 Å². The van der Waals surface area contributed by atoms with Crippen LogP contribution in [0.25, 0.3) is 0 Å². The fourth-order valence-electron chi connectivity index (χ4n) is 1.59. The van der Waals surface area contributed by atoms with Crippen molar-refractivity contribution in [3.63, 3.8) is 0 Å². The van der Waals surface area contributed by atoms with Gasteiger partial charge in [-0.15, -0.1) is 0 Å². The number of nitrogens with two attached hydrogens (primary N) is 1. The van der Waals surface area contributed by atoms with Crippen molar-refractivity contribution in [1.29, 1.82) is 0 Å². The summed E-state index contributed by atoms with van der Waals surface area (Å²) < 4.78 is 37.4. The van der Waals surface area contributed by atoms with Crippen LogP contribution in [0.2, 0.25) is 0 Å². The van der Waals surface area contributed by atoms with Gasteiger partial charge in [0, 0.05) is 6.04 Å². The largest absolute Gasteiger partial charge is 0.416 e. The van der Waals surface area contributed by atoms with Crippen LogP contribution in [-0.2, 0) is 6.18 Å². The van der Waals surface area contributed by atoms with Crippen molar-refractivity contribution in [3.05, 3.63) is 35.4 Å². The van der Waals surface area contributed by atoms with Crippen molar-refractivity contribution in [2.75, 3.05) is 0 Å². The summed E-state index contributed by atoms with van der Waals surface area (Å²) in [7, 11) is 0. The Bertz CT molecular complexity index is 344. The molecule has 16 heavy (non-hydrogen) atoms. The third-order valence-electron chi connectivity index (χ3n) is 2.37. The number of hydrogen-bond donors (Lipinski definition) is 1. The summed E-state index contributed by atoms with van der Waals surface area (Å²) in [5.74, 6) is 0.365. The summed E-state index contributed by atoms with van der Waals surface area (Å²) in [6.07, 6.45) is -3.62. The zero-order chi connectivity index (χ0) is 12.3. The van der Waals surface area contributed by atoms with Gasteiger partial charge in [0.05, 0.1) is 5.56 Å². The molecular formula is C12H16F3N. The van der Waals surface area contributed by atoms with E-state index in [-0.39, 0.29) is 6.04 Å². The molecule has 0 aliphatic rings. The molecule has 0 radical (unpaired) electrons. The lowest BCUT2D eigenvalue weighted by Crippen LogP contribution is -2.14. The average molecular weight is 231 g/mol. The van der Waals surface area contributed by atoms with Gasteiger partial charge in [0.25, 0.3) is 0 Å². The van der Waals surface area contributed by atoms with Crippen molar-refractivity contribution in [3.8, 4) is 0 Å². The van der Waals surface area contributed by atoms with E-state index in [1.807, 2.05) is 13.8 Å². The molecule has 0 fully saturated rings. The minimum Gasteiger partial charge on any atom is -0.324 e. The molecule has 4 heteroatoms. The Morgan fingerprint density at radius 2 is 1.88 bits per heavy atom. The van der Waals surface area contributed by atoms with Gasteiger partial charge in [-0.3, -0.25) is 0 Å². The van der Waals surface area contributed by atoms with Gasteiger partial charge >= 0.3 is 6.18 Å². The smallest absolute Gasteiger partial charge is 0.324 e. The second kappa shape index (κ2) is 4.87. The molecule has 0 saturated carbocycles. The first kappa shape index (κ1) is 13.0. The van der Waals surface area contributed by atoms with Gasteiger partial charge in [-0.05, 0) is 30.0 Å². The van der Waals surface area contributed by atoms with Crippen LogP contribution >= 0.6 is 0 Å². The normalized spacial score (nSPS) is 14.2. The monoisotopic (exact) mass is 231 g/mol. The van der Waals surface area contributed by atoms with Gasteiger partial charge in [0.15, 0.2) is 0 Å². The molecule has 1 aromatic carbocycles. The van der Waals surface area contributed by atoms with E-state index in [9.17, 15) is 13.2 Å². The van der Waals surface area contributed by atoms with E-state index in [1.54, 1.807) is 6.07 Å². The molecule has 0 unspecified atom stereocenters. The van der Waals surface area contributed by atoms with Crippen LogP contribution in [-0.4, -0.2) is 0 Å². The van der Waals surface area contributed by atoms with Crippen molar-refractivity contribution >= 4 is 0 Å². The van der Waals surface area contributed by atoms with Crippen LogP contribution in [0, 0.1) is 5.92 Å². The first-order valence-electron chi connectivity index (χ1n) is 5.23. The summed E-state index contributed by atoms with van der Waals surface area (Å²) in [5.41, 5.74) is 5.75. The van der Waals surface area contributed by atoms with E-state index in [1.165, 1.54) is 6.07 Å². The van der Waals surface area contributed by atoms with Gasteiger partial charge in [-0.25, -0.2) is 0 Å². The lowest BCUT2D eigenvalue weighted by Gasteiger charge is -2.16. The van der Waals surface area contributed by atoms with Gasteiger partial charge < -0.3 is 5.73 Å². The van der Waals surface area contributed by atoms with Crippen molar-refractivity contribution in [2.45, 2.75) is 32.5 Å². The highest BCUT2D eigenvalue weighted by molar-refractivity contribution is 5.27. The van der Waals surface area contributed by atoms with E-state index in [0.717, 1.165) is 12.1 Å². The number of halogens is 3. The van der Waals surface area contributed by atoms with E-state index in [0.29, 0.717) is 17.9 Å². The first-order valence-corrected chi connectivity index (χ1v) is 5.23. The molecule has 2 N–H and O–H groups in total. The Morgan fingerprint density at radius 1 is 1.25 bits per heavy atom. The molecule has 0 aliphatic carbocycles. The molecule has 0 spiro atoms. The Balaban J connectivity index is 2.90. The summed E-state index contributed by atoms with van der Waals surface area (Å²) in [6.45, 7) is 3.99. The second-order valence-corrected chi connectivity index (χ2v) is 4.36. The zero-order valence-corrected chi connectivity index (χ0v) is 9.38. The van der Waals surface area contributed by atoms with Gasteiger partial charge in [0.1, 0.15) is 0 Å². The molecular weight excluding hydrogens is 215 g/mol. The summed E-state index contributed by atoms with van der Waals surface area (Å²) in [4.78, 5) is 0. The highest BCUT2D eigenvalue weighted by atomic mass is 19.4. The Morgan fingerprint density at radius 3 is 2.38 bits per heavy atom. The number of benzene rings is 1. The molecule has 1 rings (SSSR count). The summed E-state index contributed by atoms with van der Waals surface area (Å²) in [6, 6.07) is 4.90. The van der Waals surface area contributed by atoms with E-state index in [2.05, 4.69) is 0 Å². The lowest BCUT2D eigenvalue weighted by molar-refractivity contribution is -0.137. The first-order chi connectivity index (χ1) is 7.30. The van der Waals surface area contributed by atoms with Crippen LogP contribution < -0.4 is 5.73 Å². The van der Waals surface area contributed by atoms with Crippen molar-refractivity contribution < 1.29 is 13.2 Å². The summed E-state index contributed by atoms with van der Waals surface area (Å²) >= 11 is 0. The molecule has 90 valence electrons. The van der Waals surface area contributed by atoms with Crippen LogP contribution in [0.3, 0.4) is 0 Å². The lowest BCUT2D eigenvalue weighted by atomic mass is 9.96. The standard InChI is InChI=1S/C12H16F3N/c1-8(2)6-11(16)9-4-3-5-10(7-9)12(13,14)15/h3-5,7-8,11H,6,16H2,1-2H3/t11-/m1/s1. The predicted molar refractivity (Wildman–Crippen MR) is 57.8 cm³/mol. The van der Waals surface area contributed by atoms with Gasteiger partial charge in [-0.1, -0.05) is 26.0 Å². The molecule has 1 atom stereocenters. The maximum atomic E-state index is 12.5. The molecule has 0 aliphatic heterocycles. The number of alkyl halides is 3. The van der Waals surface area contributed by atoms with Gasteiger partial charge in [0.2, 0.25) is 0 Å². The fourth-order valence-corrected chi connectivity index (χ4v) is 1.59. The molecule has 0 bridgehead atoms. The molecule has 0 amide bonds. The second-order valence-electron chi connectivity index (χ2n) is 4.36. The fraction of sp³-hybridized carbons (Fsp3) is 0.500. The van der Waals surface area contributed by atoms with Gasteiger partial charge in [-0.2, -0.15) is 13.2 Å². The third kappa shape index (κ3) is 3.52. The SMILES string of the molecule is CC(C)C[C@@H](N)c1cccc(C(F)(F)F)c1. The van der Waals surface area contributed by atoms with Crippen molar-refractivity contribution in [1.82, 2.24) is 0 Å². The maximum absolute atomic E-state index is 12.5. The highest BCUT2D eigenvalue weighted by Crippen LogP contribution is 2.31. The molecule has 1 aromatic rings. The van der Waals surface area contributed by atoms with Crippen molar-refractivity contribution in [2.24, 2.45) is 11.7 Å². The average Bonchev–Trinajstić information content (AvgIpc) is 2.15. The highest BCUT2D eigenvalue weighted by Gasteiger charge is 2.30. The van der Waals surface area contributed by atoms with Crippen LogP contribution in [0.15, 0.2) is 24.3 Å². The quantitative estimate of drug-likeness (QED) is 0.842.